The van der Waals surface area contributed by atoms with E-state index in [0.717, 1.165) is 4.90 Å². The molecule has 2 aromatic rings. The number of fused-ring (bicyclic) bond motifs is 1. The summed E-state index contributed by atoms with van der Waals surface area (Å²) in [6, 6.07) is 6.98. The zero-order valence-corrected chi connectivity index (χ0v) is 13.2. The van der Waals surface area contributed by atoms with Gasteiger partial charge in [-0.1, -0.05) is 12.1 Å². The molecule has 1 aromatic carbocycles. The number of morpholine rings is 1. The van der Waals surface area contributed by atoms with Crippen LogP contribution < -0.4 is 0 Å². The van der Waals surface area contributed by atoms with E-state index >= 15 is 0 Å². The van der Waals surface area contributed by atoms with Gasteiger partial charge in [-0.3, -0.25) is 9.78 Å². The molecule has 0 N–H and O–H groups in total. The maximum atomic E-state index is 13.0. The van der Waals surface area contributed by atoms with Gasteiger partial charge in [-0.15, -0.1) is 0 Å². The molecule has 1 aliphatic heterocycles. The van der Waals surface area contributed by atoms with Crippen molar-refractivity contribution >= 4 is 16.9 Å². The van der Waals surface area contributed by atoms with Gasteiger partial charge in [-0.2, -0.15) is 13.2 Å². The maximum absolute atomic E-state index is 13.0. The number of ether oxygens (including phenoxy) is 1. The second kappa shape index (κ2) is 5.70. The number of hydrogen-bond donors (Lipinski definition) is 0. The average Bonchev–Trinajstić information content (AvgIpc) is 2.51. The van der Waals surface area contributed by atoms with Crippen LogP contribution in [0.4, 0.5) is 13.2 Å². The number of rotatable bonds is 1. The van der Waals surface area contributed by atoms with Gasteiger partial charge in [-0.25, -0.2) is 4.98 Å². The molecule has 1 saturated heterocycles. The molecule has 1 atom stereocenters. The standard InChI is InChI=1S/C16H16F3N3O2/c1-15(2)9-22(8-13(24-15)16(17,18)19)14(23)12-7-20-10-5-3-4-6-11(10)21-12/h3-7,13H,8-9H2,1-2H3. The summed E-state index contributed by atoms with van der Waals surface area (Å²) in [5.74, 6) is -0.584. The summed E-state index contributed by atoms with van der Waals surface area (Å²) in [5.41, 5.74) is 0.0540. The Kier molecular flexibility index (Phi) is 3.95. The van der Waals surface area contributed by atoms with Crippen LogP contribution in [0.5, 0.6) is 0 Å². The van der Waals surface area contributed by atoms with Crippen molar-refractivity contribution in [3.8, 4) is 0 Å². The number of aromatic nitrogens is 2. The highest BCUT2D eigenvalue weighted by Crippen LogP contribution is 2.32. The second-order valence-corrected chi connectivity index (χ2v) is 6.34. The normalized spacial score (nSPS) is 21.0. The summed E-state index contributed by atoms with van der Waals surface area (Å²) >= 11 is 0. The lowest BCUT2D eigenvalue weighted by atomic mass is 10.0. The second-order valence-electron chi connectivity index (χ2n) is 6.34. The van der Waals surface area contributed by atoms with Crippen LogP contribution in [-0.4, -0.2) is 51.7 Å². The van der Waals surface area contributed by atoms with Gasteiger partial charge in [0, 0.05) is 6.54 Å². The van der Waals surface area contributed by atoms with Crippen molar-refractivity contribution in [1.82, 2.24) is 14.9 Å². The topological polar surface area (TPSA) is 55.3 Å². The van der Waals surface area contributed by atoms with Crippen LogP contribution in [0, 0.1) is 0 Å². The first-order valence-corrected chi connectivity index (χ1v) is 7.41. The lowest BCUT2D eigenvalue weighted by molar-refractivity contribution is -0.267. The number of halogens is 3. The Bertz CT molecular complexity index is 776. The van der Waals surface area contributed by atoms with E-state index in [1.165, 1.54) is 20.0 Å². The molecule has 1 amide bonds. The van der Waals surface area contributed by atoms with Crippen molar-refractivity contribution in [2.75, 3.05) is 13.1 Å². The Labute approximate surface area is 136 Å². The van der Waals surface area contributed by atoms with Crippen LogP contribution >= 0.6 is 0 Å². The van der Waals surface area contributed by atoms with Crippen molar-refractivity contribution in [2.45, 2.75) is 31.7 Å². The Morgan fingerprint density at radius 3 is 2.62 bits per heavy atom. The van der Waals surface area contributed by atoms with E-state index in [1.54, 1.807) is 24.3 Å². The number of carbonyl (C=O) groups excluding carboxylic acids is 1. The zero-order chi connectivity index (χ0) is 17.5. The van der Waals surface area contributed by atoms with E-state index < -0.39 is 30.3 Å². The first-order chi connectivity index (χ1) is 11.2. The molecule has 0 aliphatic carbocycles. The number of benzene rings is 1. The van der Waals surface area contributed by atoms with Crippen LogP contribution in [0.1, 0.15) is 24.3 Å². The highest BCUT2D eigenvalue weighted by atomic mass is 19.4. The number of para-hydroxylation sites is 2. The van der Waals surface area contributed by atoms with E-state index in [-0.39, 0.29) is 12.2 Å². The minimum Gasteiger partial charge on any atom is -0.359 e. The summed E-state index contributed by atoms with van der Waals surface area (Å²) in [5, 5.41) is 0. The van der Waals surface area contributed by atoms with Gasteiger partial charge in [0.15, 0.2) is 6.10 Å². The van der Waals surface area contributed by atoms with Gasteiger partial charge in [0.1, 0.15) is 5.69 Å². The molecule has 0 bridgehead atoms. The molecule has 3 rings (SSSR count). The van der Waals surface area contributed by atoms with Gasteiger partial charge in [0.05, 0.1) is 29.4 Å². The average molecular weight is 339 g/mol. The molecular formula is C16H16F3N3O2. The quantitative estimate of drug-likeness (QED) is 0.802. The van der Waals surface area contributed by atoms with Crippen LogP contribution in [0.15, 0.2) is 30.5 Å². The van der Waals surface area contributed by atoms with E-state index in [9.17, 15) is 18.0 Å². The van der Waals surface area contributed by atoms with E-state index in [0.29, 0.717) is 11.0 Å². The fourth-order valence-electron chi connectivity index (χ4n) is 2.73. The Hall–Kier alpha value is -2.22. The third-order valence-corrected chi connectivity index (χ3v) is 3.74. The van der Waals surface area contributed by atoms with Crippen LogP contribution in [0.2, 0.25) is 0 Å². The van der Waals surface area contributed by atoms with E-state index in [1.807, 2.05) is 0 Å². The molecule has 1 unspecified atom stereocenters. The number of nitrogens with zero attached hydrogens (tertiary/aromatic N) is 3. The maximum Gasteiger partial charge on any atom is 0.416 e. The van der Waals surface area contributed by atoms with E-state index in [2.05, 4.69) is 9.97 Å². The van der Waals surface area contributed by atoms with Crippen molar-refractivity contribution < 1.29 is 22.7 Å². The lowest BCUT2D eigenvalue weighted by Gasteiger charge is -2.43. The minimum atomic E-state index is -4.54. The van der Waals surface area contributed by atoms with Crippen LogP contribution in [-0.2, 0) is 4.74 Å². The third kappa shape index (κ3) is 3.33. The molecule has 8 heteroatoms. The fraction of sp³-hybridized carbons (Fsp3) is 0.438. The molecule has 0 spiro atoms. The van der Waals surface area contributed by atoms with Gasteiger partial charge in [0.2, 0.25) is 0 Å². The first kappa shape index (κ1) is 16.6. The van der Waals surface area contributed by atoms with Crippen molar-refractivity contribution in [3.63, 3.8) is 0 Å². The molecule has 128 valence electrons. The van der Waals surface area contributed by atoms with Gasteiger partial charge >= 0.3 is 6.18 Å². The first-order valence-electron chi connectivity index (χ1n) is 7.41. The molecule has 5 nitrogen and oxygen atoms in total. The molecule has 0 radical (unpaired) electrons. The summed E-state index contributed by atoms with van der Waals surface area (Å²) in [4.78, 5) is 22.1. The summed E-state index contributed by atoms with van der Waals surface area (Å²) in [6.45, 7) is 2.54. The van der Waals surface area contributed by atoms with Crippen molar-refractivity contribution in [3.05, 3.63) is 36.2 Å². The van der Waals surface area contributed by atoms with Crippen molar-refractivity contribution in [1.29, 1.82) is 0 Å². The fourth-order valence-corrected chi connectivity index (χ4v) is 2.73. The molecular weight excluding hydrogens is 323 g/mol. The number of amides is 1. The lowest BCUT2D eigenvalue weighted by Crippen LogP contribution is -2.58. The summed E-state index contributed by atoms with van der Waals surface area (Å²) in [7, 11) is 0. The minimum absolute atomic E-state index is 0.0207. The molecule has 1 aromatic heterocycles. The zero-order valence-electron chi connectivity index (χ0n) is 13.2. The molecule has 0 saturated carbocycles. The Morgan fingerprint density at radius 1 is 1.29 bits per heavy atom. The number of alkyl halides is 3. The van der Waals surface area contributed by atoms with Gasteiger partial charge < -0.3 is 9.64 Å². The highest BCUT2D eigenvalue weighted by Gasteiger charge is 2.49. The Morgan fingerprint density at radius 2 is 1.96 bits per heavy atom. The number of hydrogen-bond acceptors (Lipinski definition) is 4. The molecule has 24 heavy (non-hydrogen) atoms. The SMILES string of the molecule is CC1(C)CN(C(=O)c2cnc3ccccc3n2)CC(C(F)(F)F)O1. The molecule has 1 fully saturated rings. The van der Waals surface area contributed by atoms with E-state index in [4.69, 9.17) is 4.74 Å². The molecule has 1 aliphatic rings. The third-order valence-electron chi connectivity index (χ3n) is 3.74. The predicted octanol–water partition coefficient (Wildman–Crippen LogP) is 2.81. The molecule has 2 heterocycles. The Balaban J connectivity index is 1.89. The van der Waals surface area contributed by atoms with Crippen LogP contribution in [0.3, 0.4) is 0 Å². The largest absolute Gasteiger partial charge is 0.416 e. The van der Waals surface area contributed by atoms with Gasteiger partial charge in [-0.05, 0) is 26.0 Å². The summed E-state index contributed by atoms with van der Waals surface area (Å²) in [6.07, 6.45) is -5.26. The predicted molar refractivity (Wildman–Crippen MR) is 80.4 cm³/mol. The number of carbonyl (C=O) groups is 1. The monoisotopic (exact) mass is 339 g/mol. The highest BCUT2D eigenvalue weighted by molar-refractivity contribution is 5.94. The van der Waals surface area contributed by atoms with Crippen molar-refractivity contribution in [2.24, 2.45) is 0 Å². The van der Waals surface area contributed by atoms with Crippen LogP contribution in [0.25, 0.3) is 11.0 Å². The van der Waals surface area contributed by atoms with Gasteiger partial charge in [0.25, 0.3) is 5.91 Å². The summed E-state index contributed by atoms with van der Waals surface area (Å²) < 4.78 is 44.2. The smallest absolute Gasteiger partial charge is 0.359 e.